The minimum absolute atomic E-state index is 0. The number of benzene rings is 1. The summed E-state index contributed by atoms with van der Waals surface area (Å²) in [5.41, 5.74) is 2.54. The first-order valence-corrected chi connectivity index (χ1v) is 7.68. The van der Waals surface area contributed by atoms with Crippen LogP contribution in [0.3, 0.4) is 0 Å². The molecule has 1 aromatic heterocycles. The first kappa shape index (κ1) is 14.8. The summed E-state index contributed by atoms with van der Waals surface area (Å²) in [6.07, 6.45) is 4.54. The molecule has 2 fully saturated rings. The van der Waals surface area contributed by atoms with Crippen molar-refractivity contribution in [2.75, 3.05) is 19.6 Å². The van der Waals surface area contributed by atoms with Gasteiger partial charge in [-0.05, 0) is 43.5 Å². The van der Waals surface area contributed by atoms with E-state index < -0.39 is 0 Å². The van der Waals surface area contributed by atoms with Gasteiger partial charge in [-0.3, -0.25) is 9.88 Å². The molecule has 4 heteroatoms. The molecule has 3 heterocycles. The Hall–Kier alpha value is -1.16. The van der Waals surface area contributed by atoms with Gasteiger partial charge in [-0.25, -0.2) is 0 Å². The first-order valence-electron chi connectivity index (χ1n) is 7.68. The second kappa shape index (κ2) is 6.30. The molecule has 2 unspecified atom stereocenters. The highest BCUT2D eigenvalue weighted by atomic mass is 35.5. The molecule has 0 amide bonds. The molecule has 2 saturated heterocycles. The van der Waals surface area contributed by atoms with Gasteiger partial charge in [0, 0.05) is 30.7 Å². The molecule has 0 bridgehead atoms. The highest BCUT2D eigenvalue weighted by Crippen LogP contribution is 2.26. The Balaban J connectivity index is 0.00000132. The lowest BCUT2D eigenvalue weighted by Crippen LogP contribution is -2.43. The van der Waals surface area contributed by atoms with Gasteiger partial charge in [-0.15, -0.1) is 12.4 Å². The molecule has 4 rings (SSSR count). The van der Waals surface area contributed by atoms with E-state index in [9.17, 15) is 0 Å². The number of hydrogen-bond acceptors (Lipinski definition) is 3. The maximum absolute atomic E-state index is 4.57. The number of halogens is 1. The monoisotopic (exact) mass is 303 g/mol. The van der Waals surface area contributed by atoms with E-state index in [2.05, 4.69) is 39.5 Å². The summed E-state index contributed by atoms with van der Waals surface area (Å²) < 4.78 is 0. The number of para-hydroxylation sites is 1. The van der Waals surface area contributed by atoms with Gasteiger partial charge in [-0.2, -0.15) is 0 Å². The zero-order valence-corrected chi connectivity index (χ0v) is 13.0. The lowest BCUT2D eigenvalue weighted by Gasteiger charge is -2.34. The molecule has 21 heavy (non-hydrogen) atoms. The summed E-state index contributed by atoms with van der Waals surface area (Å²) in [5, 5.41) is 4.89. The summed E-state index contributed by atoms with van der Waals surface area (Å²) in [6.45, 7) is 4.69. The third-order valence-electron chi connectivity index (χ3n) is 4.85. The van der Waals surface area contributed by atoms with Gasteiger partial charge >= 0.3 is 0 Å². The molecule has 0 spiro atoms. The number of piperidine rings is 1. The summed E-state index contributed by atoms with van der Waals surface area (Å²) >= 11 is 0. The molecule has 1 N–H and O–H groups in total. The van der Waals surface area contributed by atoms with Crippen LogP contribution >= 0.6 is 12.4 Å². The van der Waals surface area contributed by atoms with Crippen LogP contribution in [0.2, 0.25) is 0 Å². The number of hydrogen-bond donors (Lipinski definition) is 1. The topological polar surface area (TPSA) is 28.2 Å². The number of rotatable bonds is 2. The van der Waals surface area contributed by atoms with Gasteiger partial charge in [0.15, 0.2) is 0 Å². The average molecular weight is 304 g/mol. The number of pyridine rings is 1. The molecule has 2 aliphatic heterocycles. The SMILES string of the molecule is Cl.c1cnc2c(CN3CCC4NCCC4C3)cccc2c1. The van der Waals surface area contributed by atoms with E-state index in [-0.39, 0.29) is 12.4 Å². The van der Waals surface area contributed by atoms with Gasteiger partial charge in [0.2, 0.25) is 0 Å². The number of nitrogens with one attached hydrogen (secondary N) is 1. The summed E-state index contributed by atoms with van der Waals surface area (Å²) in [7, 11) is 0. The van der Waals surface area contributed by atoms with Crippen molar-refractivity contribution in [3.63, 3.8) is 0 Å². The summed E-state index contributed by atoms with van der Waals surface area (Å²) in [5.74, 6) is 0.853. The predicted octanol–water partition coefficient (Wildman–Crippen LogP) is 2.84. The smallest absolute Gasteiger partial charge is 0.0746 e. The van der Waals surface area contributed by atoms with Crippen molar-refractivity contribution in [2.24, 2.45) is 5.92 Å². The summed E-state index contributed by atoms with van der Waals surface area (Å²) in [4.78, 5) is 7.18. The van der Waals surface area contributed by atoms with E-state index >= 15 is 0 Å². The molecular weight excluding hydrogens is 282 g/mol. The van der Waals surface area contributed by atoms with Crippen molar-refractivity contribution in [3.8, 4) is 0 Å². The molecule has 3 nitrogen and oxygen atoms in total. The van der Waals surface area contributed by atoms with E-state index in [4.69, 9.17) is 0 Å². The molecule has 0 radical (unpaired) electrons. The maximum Gasteiger partial charge on any atom is 0.0746 e. The number of fused-ring (bicyclic) bond motifs is 2. The fraction of sp³-hybridized carbons (Fsp3) is 0.471. The lowest BCUT2D eigenvalue weighted by molar-refractivity contribution is 0.156. The molecule has 2 aromatic rings. The minimum Gasteiger partial charge on any atom is -0.314 e. The molecule has 2 aliphatic rings. The van der Waals surface area contributed by atoms with Crippen molar-refractivity contribution in [1.82, 2.24) is 15.2 Å². The third kappa shape index (κ3) is 2.91. The molecule has 1 aromatic carbocycles. The largest absolute Gasteiger partial charge is 0.314 e. The van der Waals surface area contributed by atoms with Crippen LogP contribution in [0.25, 0.3) is 10.9 Å². The molecule has 2 atom stereocenters. The van der Waals surface area contributed by atoms with E-state index in [0.717, 1.165) is 18.5 Å². The quantitative estimate of drug-likeness (QED) is 0.925. The van der Waals surface area contributed by atoms with Crippen molar-refractivity contribution in [3.05, 3.63) is 42.1 Å². The van der Waals surface area contributed by atoms with Crippen LogP contribution in [-0.2, 0) is 6.54 Å². The Labute approximate surface area is 132 Å². The van der Waals surface area contributed by atoms with Crippen molar-refractivity contribution in [1.29, 1.82) is 0 Å². The van der Waals surface area contributed by atoms with Crippen molar-refractivity contribution >= 4 is 23.3 Å². The molecule has 0 saturated carbocycles. The van der Waals surface area contributed by atoms with Crippen LogP contribution in [0, 0.1) is 5.92 Å². The standard InChI is InChI=1S/C17H21N3.ClH/c1-3-13-5-2-8-19-17(13)15(4-1)12-20-10-7-16-14(11-20)6-9-18-16;/h1-5,8,14,16,18H,6-7,9-12H2;1H. The first-order chi connectivity index (χ1) is 9.90. The number of nitrogens with zero attached hydrogens (tertiary/aromatic N) is 2. The van der Waals surface area contributed by atoms with Crippen LogP contribution in [0.1, 0.15) is 18.4 Å². The fourth-order valence-corrected chi connectivity index (χ4v) is 3.80. The lowest BCUT2D eigenvalue weighted by atomic mass is 9.93. The number of aromatic nitrogens is 1. The van der Waals surface area contributed by atoms with Gasteiger partial charge < -0.3 is 5.32 Å². The Kier molecular flexibility index (Phi) is 4.43. The fourth-order valence-electron chi connectivity index (χ4n) is 3.80. The normalized spacial score (nSPS) is 25.5. The Morgan fingerprint density at radius 2 is 2.10 bits per heavy atom. The second-order valence-corrected chi connectivity index (χ2v) is 6.13. The predicted molar refractivity (Wildman–Crippen MR) is 88.8 cm³/mol. The Bertz CT molecular complexity index is 611. The van der Waals surface area contributed by atoms with Gasteiger partial charge in [-0.1, -0.05) is 24.3 Å². The van der Waals surface area contributed by atoms with E-state index in [0.29, 0.717) is 0 Å². The molecule has 112 valence electrons. The van der Waals surface area contributed by atoms with Crippen LogP contribution < -0.4 is 5.32 Å². The maximum atomic E-state index is 4.57. The zero-order chi connectivity index (χ0) is 13.4. The number of likely N-dealkylation sites (tertiary alicyclic amines) is 1. The Morgan fingerprint density at radius 3 is 3.05 bits per heavy atom. The van der Waals surface area contributed by atoms with Crippen molar-refractivity contribution < 1.29 is 0 Å². The minimum atomic E-state index is 0. The van der Waals surface area contributed by atoms with Crippen LogP contribution in [-0.4, -0.2) is 35.6 Å². The summed E-state index contributed by atoms with van der Waals surface area (Å²) in [6, 6.07) is 11.5. The molecule has 0 aliphatic carbocycles. The van der Waals surface area contributed by atoms with Gasteiger partial charge in [0.05, 0.1) is 5.52 Å². The zero-order valence-electron chi connectivity index (χ0n) is 12.2. The molecular formula is C17H22ClN3. The Morgan fingerprint density at radius 1 is 1.19 bits per heavy atom. The second-order valence-electron chi connectivity index (χ2n) is 6.13. The van der Waals surface area contributed by atoms with E-state index in [1.807, 2.05) is 12.3 Å². The van der Waals surface area contributed by atoms with E-state index in [1.165, 1.54) is 48.9 Å². The van der Waals surface area contributed by atoms with E-state index in [1.54, 1.807) is 0 Å². The van der Waals surface area contributed by atoms with Gasteiger partial charge in [0.1, 0.15) is 0 Å². The van der Waals surface area contributed by atoms with Gasteiger partial charge in [0.25, 0.3) is 0 Å². The van der Waals surface area contributed by atoms with Crippen molar-refractivity contribution in [2.45, 2.75) is 25.4 Å². The highest BCUT2D eigenvalue weighted by molar-refractivity contribution is 5.85. The third-order valence-corrected chi connectivity index (χ3v) is 4.85. The average Bonchev–Trinajstić information content (AvgIpc) is 2.95. The van der Waals surface area contributed by atoms with Crippen LogP contribution in [0.4, 0.5) is 0 Å². The van der Waals surface area contributed by atoms with Crippen LogP contribution in [0.15, 0.2) is 36.5 Å². The van der Waals surface area contributed by atoms with Crippen LogP contribution in [0.5, 0.6) is 0 Å². The highest BCUT2D eigenvalue weighted by Gasteiger charge is 2.32.